The Labute approximate surface area is 211 Å². The molecule has 2 aliphatic rings. The van der Waals surface area contributed by atoms with Crippen molar-refractivity contribution in [3.05, 3.63) is 40.7 Å². The van der Waals surface area contributed by atoms with E-state index in [4.69, 9.17) is 14.2 Å². The van der Waals surface area contributed by atoms with Crippen LogP contribution in [0, 0.1) is 19.8 Å². The van der Waals surface area contributed by atoms with E-state index in [1.165, 1.54) is 4.31 Å². The first-order valence-electron chi connectivity index (χ1n) is 12.2. The molecule has 11 heteroatoms. The molecular weight excluding hydrogens is 486 g/mol. The van der Waals surface area contributed by atoms with E-state index >= 15 is 0 Å². The minimum atomic E-state index is -4.04. The van der Waals surface area contributed by atoms with Gasteiger partial charge in [-0.2, -0.15) is 4.31 Å². The van der Waals surface area contributed by atoms with Crippen LogP contribution in [0.5, 0.6) is 11.5 Å². The number of hydrogen-bond donors (Lipinski definition) is 1. The Balaban J connectivity index is 1.52. The summed E-state index contributed by atoms with van der Waals surface area (Å²) in [5.74, 6) is -0.0547. The maximum Gasteiger partial charge on any atom is 0.341 e. The Morgan fingerprint density at radius 3 is 2.61 bits per heavy atom. The molecule has 1 saturated heterocycles. The molecule has 0 radical (unpaired) electrons. The molecule has 1 aromatic heterocycles. The summed E-state index contributed by atoms with van der Waals surface area (Å²) in [6.07, 6.45) is 1.13. The molecule has 2 aliphatic heterocycles. The Kier molecular flexibility index (Phi) is 7.60. The lowest BCUT2D eigenvalue weighted by Gasteiger charge is -2.31. The summed E-state index contributed by atoms with van der Waals surface area (Å²) in [4.78, 5) is 25.7. The van der Waals surface area contributed by atoms with E-state index in [1.54, 1.807) is 31.4 Å². The zero-order chi connectivity index (χ0) is 26.0. The number of ether oxygens (including phenoxy) is 3. The molecule has 0 bridgehead atoms. The van der Waals surface area contributed by atoms with Crippen LogP contribution in [0.4, 0.5) is 0 Å². The second-order valence-electron chi connectivity index (χ2n) is 8.95. The average molecular weight is 520 g/mol. The number of sulfonamides is 1. The summed E-state index contributed by atoms with van der Waals surface area (Å²) in [6, 6.07) is 5.47. The highest BCUT2D eigenvalue weighted by atomic mass is 32.2. The van der Waals surface area contributed by atoms with Crippen LogP contribution in [-0.4, -0.2) is 55.7 Å². The molecule has 4 rings (SSSR count). The van der Waals surface area contributed by atoms with Crippen molar-refractivity contribution < 1.29 is 32.2 Å². The number of hydrogen-bond acceptors (Lipinski definition) is 7. The molecule has 2 aromatic rings. The minimum Gasteiger partial charge on any atom is -0.462 e. The molecule has 1 fully saturated rings. The lowest BCUT2D eigenvalue weighted by molar-refractivity contribution is -0.126. The van der Waals surface area contributed by atoms with Crippen molar-refractivity contribution in [3.8, 4) is 11.5 Å². The zero-order valence-electron chi connectivity index (χ0n) is 21.1. The Bertz CT molecular complexity index is 1270. The number of aromatic nitrogens is 1. The van der Waals surface area contributed by atoms with E-state index < -0.39 is 21.9 Å². The summed E-state index contributed by atoms with van der Waals surface area (Å²) in [7, 11) is -4.04. The third-order valence-corrected chi connectivity index (χ3v) is 8.81. The van der Waals surface area contributed by atoms with Crippen molar-refractivity contribution in [2.75, 3.05) is 26.5 Å². The van der Waals surface area contributed by atoms with E-state index in [1.807, 2.05) is 19.1 Å². The molecule has 1 atom stereocenters. The van der Waals surface area contributed by atoms with Crippen molar-refractivity contribution >= 4 is 21.9 Å². The van der Waals surface area contributed by atoms with Gasteiger partial charge in [-0.3, -0.25) is 4.79 Å². The largest absolute Gasteiger partial charge is 0.462 e. The van der Waals surface area contributed by atoms with Gasteiger partial charge in [-0.1, -0.05) is 6.07 Å². The van der Waals surface area contributed by atoms with Crippen LogP contribution < -0.4 is 14.8 Å². The Hall–Kier alpha value is -3.05. The van der Waals surface area contributed by atoms with Crippen LogP contribution in [0.25, 0.3) is 0 Å². The van der Waals surface area contributed by atoms with Gasteiger partial charge in [0.25, 0.3) is 0 Å². The van der Waals surface area contributed by atoms with E-state index in [9.17, 15) is 18.0 Å². The molecule has 1 unspecified atom stereocenters. The van der Waals surface area contributed by atoms with Crippen molar-refractivity contribution in [2.24, 2.45) is 5.92 Å². The van der Waals surface area contributed by atoms with Gasteiger partial charge in [-0.05, 0) is 58.2 Å². The number of nitrogens with zero attached hydrogens (tertiary/aromatic N) is 2. The standard InChI is InChI=1S/C25H33N3O7S/c1-5-28-16(3)22(25(30)33-6-2)23(17(28)4)36(31,32)27-11-7-8-19(14-27)24(29)26-13-18-9-10-20-21(12-18)35-15-34-20/h9-10,12,19H,5-8,11,13-15H2,1-4H3,(H,26,29). The predicted molar refractivity (Wildman–Crippen MR) is 131 cm³/mol. The number of carbonyl (C=O) groups excluding carboxylic acids is 2. The first-order valence-corrected chi connectivity index (χ1v) is 13.7. The maximum absolute atomic E-state index is 13.8. The minimum absolute atomic E-state index is 0.0262. The second-order valence-corrected chi connectivity index (χ2v) is 10.8. The number of amides is 1. The summed E-state index contributed by atoms with van der Waals surface area (Å²) in [5, 5.41) is 2.92. The van der Waals surface area contributed by atoms with Gasteiger partial charge in [0.15, 0.2) is 11.5 Å². The highest BCUT2D eigenvalue weighted by Gasteiger charge is 2.39. The van der Waals surface area contributed by atoms with Crippen molar-refractivity contribution in [3.63, 3.8) is 0 Å². The molecule has 1 N–H and O–H groups in total. The van der Waals surface area contributed by atoms with Gasteiger partial charge in [0.05, 0.1) is 12.5 Å². The van der Waals surface area contributed by atoms with Gasteiger partial charge < -0.3 is 24.1 Å². The van der Waals surface area contributed by atoms with Gasteiger partial charge in [-0.15, -0.1) is 0 Å². The molecule has 1 amide bonds. The second kappa shape index (κ2) is 10.5. The number of fused-ring (bicyclic) bond motifs is 1. The molecular formula is C25H33N3O7S. The Morgan fingerprint density at radius 1 is 1.14 bits per heavy atom. The van der Waals surface area contributed by atoms with Crippen LogP contribution in [0.15, 0.2) is 23.1 Å². The number of rotatable bonds is 8. The Morgan fingerprint density at radius 2 is 1.89 bits per heavy atom. The lowest BCUT2D eigenvalue weighted by Crippen LogP contribution is -2.45. The molecule has 10 nitrogen and oxygen atoms in total. The third kappa shape index (κ3) is 4.81. The molecule has 3 heterocycles. The van der Waals surface area contributed by atoms with Gasteiger partial charge in [0.1, 0.15) is 10.5 Å². The van der Waals surface area contributed by atoms with Crippen molar-refractivity contribution in [1.82, 2.24) is 14.2 Å². The lowest BCUT2D eigenvalue weighted by atomic mass is 9.98. The van der Waals surface area contributed by atoms with Crippen molar-refractivity contribution in [2.45, 2.75) is 58.5 Å². The number of nitrogens with one attached hydrogen (secondary N) is 1. The van der Waals surface area contributed by atoms with Gasteiger partial charge in [0, 0.05) is 37.6 Å². The molecule has 0 saturated carbocycles. The monoisotopic (exact) mass is 519 g/mol. The molecule has 0 spiro atoms. The fourth-order valence-corrected chi connectivity index (χ4v) is 6.95. The summed E-state index contributed by atoms with van der Waals surface area (Å²) < 4.78 is 46.7. The summed E-state index contributed by atoms with van der Waals surface area (Å²) >= 11 is 0. The maximum atomic E-state index is 13.8. The van der Waals surface area contributed by atoms with E-state index in [-0.39, 0.29) is 42.9 Å². The topological polar surface area (TPSA) is 116 Å². The highest BCUT2D eigenvalue weighted by molar-refractivity contribution is 7.89. The third-order valence-electron chi connectivity index (χ3n) is 6.78. The van der Waals surface area contributed by atoms with E-state index in [0.717, 1.165) is 5.56 Å². The fraction of sp³-hybridized carbons (Fsp3) is 0.520. The van der Waals surface area contributed by atoms with Crippen molar-refractivity contribution in [1.29, 1.82) is 0 Å². The van der Waals surface area contributed by atoms with Crippen LogP contribution in [0.2, 0.25) is 0 Å². The fourth-order valence-electron chi connectivity index (χ4n) is 4.98. The number of benzene rings is 1. The summed E-state index contributed by atoms with van der Waals surface area (Å²) in [5.41, 5.74) is 1.99. The van der Waals surface area contributed by atoms with Gasteiger partial charge >= 0.3 is 5.97 Å². The SMILES string of the molecule is CCOC(=O)c1c(S(=O)(=O)N2CCCC(C(=O)NCc3ccc4c(c3)OCO4)C2)c(C)n(CC)c1C. The first kappa shape index (κ1) is 26.0. The first-order chi connectivity index (χ1) is 17.2. The number of piperidine rings is 1. The van der Waals surface area contributed by atoms with Gasteiger partial charge in [-0.25, -0.2) is 13.2 Å². The normalized spacial score (nSPS) is 17.7. The van der Waals surface area contributed by atoms with E-state index in [2.05, 4.69) is 5.32 Å². The number of carbonyl (C=O) groups is 2. The molecule has 1 aromatic carbocycles. The van der Waals surface area contributed by atoms with E-state index in [0.29, 0.717) is 48.8 Å². The molecule has 36 heavy (non-hydrogen) atoms. The summed E-state index contributed by atoms with van der Waals surface area (Å²) in [6.45, 7) is 8.47. The zero-order valence-corrected chi connectivity index (χ0v) is 21.9. The van der Waals surface area contributed by atoms with Gasteiger partial charge in [0.2, 0.25) is 22.7 Å². The van der Waals surface area contributed by atoms with Crippen LogP contribution in [-0.2, 0) is 32.6 Å². The van der Waals surface area contributed by atoms with Crippen LogP contribution >= 0.6 is 0 Å². The molecule has 196 valence electrons. The van der Waals surface area contributed by atoms with Crippen LogP contribution in [0.1, 0.15) is 54.0 Å². The predicted octanol–water partition coefficient (Wildman–Crippen LogP) is 2.75. The van der Waals surface area contributed by atoms with Crippen LogP contribution in [0.3, 0.4) is 0 Å². The highest BCUT2D eigenvalue weighted by Crippen LogP contribution is 2.34. The number of esters is 1. The quantitative estimate of drug-likeness (QED) is 0.533. The smallest absolute Gasteiger partial charge is 0.341 e. The average Bonchev–Trinajstić information content (AvgIpc) is 3.43. The molecule has 0 aliphatic carbocycles.